The number of nitrogens with zero attached hydrogens (tertiary/aromatic N) is 2. The standard InChI is InChI=1S/C11H23N3S/c1-9(14(4)5)8-12-10-13-11(2,3)6-7-15-10/h9H,6-8H2,1-5H3,(H,12,13). The van der Waals surface area contributed by atoms with E-state index in [1.807, 2.05) is 11.8 Å². The molecule has 1 N–H and O–H groups in total. The normalized spacial score (nSPS) is 25.3. The van der Waals surface area contributed by atoms with E-state index in [1.54, 1.807) is 0 Å². The van der Waals surface area contributed by atoms with Gasteiger partial charge in [-0.3, -0.25) is 4.99 Å². The van der Waals surface area contributed by atoms with Gasteiger partial charge in [0.15, 0.2) is 5.17 Å². The first-order valence-electron chi connectivity index (χ1n) is 5.52. The van der Waals surface area contributed by atoms with Gasteiger partial charge in [-0.25, -0.2) is 0 Å². The van der Waals surface area contributed by atoms with Gasteiger partial charge >= 0.3 is 0 Å². The van der Waals surface area contributed by atoms with E-state index in [4.69, 9.17) is 0 Å². The average molecular weight is 229 g/mol. The van der Waals surface area contributed by atoms with E-state index in [-0.39, 0.29) is 5.54 Å². The maximum Gasteiger partial charge on any atom is 0.157 e. The van der Waals surface area contributed by atoms with E-state index in [2.05, 4.69) is 50.1 Å². The van der Waals surface area contributed by atoms with Crippen LogP contribution in [0.2, 0.25) is 0 Å². The Bertz CT molecular complexity index is 236. The Morgan fingerprint density at radius 3 is 2.73 bits per heavy atom. The van der Waals surface area contributed by atoms with Crippen molar-refractivity contribution in [3.8, 4) is 0 Å². The highest BCUT2D eigenvalue weighted by molar-refractivity contribution is 8.13. The molecule has 3 nitrogen and oxygen atoms in total. The first-order valence-corrected chi connectivity index (χ1v) is 6.51. The van der Waals surface area contributed by atoms with Crippen molar-refractivity contribution in [3.63, 3.8) is 0 Å². The van der Waals surface area contributed by atoms with Gasteiger partial charge in [0.05, 0.1) is 6.54 Å². The highest BCUT2D eigenvalue weighted by atomic mass is 32.2. The van der Waals surface area contributed by atoms with Crippen LogP contribution in [0.1, 0.15) is 27.2 Å². The van der Waals surface area contributed by atoms with E-state index in [0.29, 0.717) is 6.04 Å². The molecule has 1 unspecified atom stereocenters. The zero-order chi connectivity index (χ0) is 11.5. The molecule has 4 heteroatoms. The zero-order valence-corrected chi connectivity index (χ0v) is 11.3. The number of nitrogens with one attached hydrogen (secondary N) is 1. The molecule has 1 aliphatic rings. The number of hydrogen-bond donors (Lipinski definition) is 1. The van der Waals surface area contributed by atoms with Crippen LogP contribution in [-0.4, -0.2) is 48.0 Å². The van der Waals surface area contributed by atoms with E-state index in [1.165, 1.54) is 12.2 Å². The lowest BCUT2D eigenvalue weighted by molar-refractivity contribution is 0.320. The minimum Gasteiger partial charge on any atom is -0.360 e. The van der Waals surface area contributed by atoms with Crippen molar-refractivity contribution in [1.29, 1.82) is 0 Å². The predicted octanol–water partition coefficient (Wildman–Crippen LogP) is 1.80. The van der Waals surface area contributed by atoms with Gasteiger partial charge in [0, 0.05) is 17.3 Å². The third-order valence-corrected chi connectivity index (χ3v) is 3.70. The molecule has 0 aromatic carbocycles. The molecule has 0 spiro atoms. The number of likely N-dealkylation sites (N-methyl/N-ethyl adjacent to an activating group) is 1. The minimum atomic E-state index is 0.214. The molecule has 0 radical (unpaired) electrons. The smallest absolute Gasteiger partial charge is 0.157 e. The Labute approximate surface area is 97.7 Å². The van der Waals surface area contributed by atoms with Gasteiger partial charge < -0.3 is 10.2 Å². The van der Waals surface area contributed by atoms with Crippen molar-refractivity contribution in [2.75, 3.05) is 26.4 Å². The zero-order valence-electron chi connectivity index (χ0n) is 10.5. The molecule has 1 atom stereocenters. The fourth-order valence-electron chi connectivity index (χ4n) is 1.25. The summed E-state index contributed by atoms with van der Waals surface area (Å²) in [6.07, 6.45) is 1.21. The second kappa shape index (κ2) is 5.21. The Morgan fingerprint density at radius 1 is 1.53 bits per heavy atom. The van der Waals surface area contributed by atoms with Gasteiger partial charge in [0.25, 0.3) is 0 Å². The Balaban J connectivity index is 2.46. The molecule has 0 aromatic heterocycles. The molecule has 0 bridgehead atoms. The van der Waals surface area contributed by atoms with E-state index in [0.717, 1.165) is 11.7 Å². The number of aliphatic imine (C=N–C) groups is 1. The van der Waals surface area contributed by atoms with Crippen LogP contribution >= 0.6 is 11.8 Å². The third kappa shape index (κ3) is 4.43. The minimum absolute atomic E-state index is 0.214. The molecule has 0 saturated carbocycles. The summed E-state index contributed by atoms with van der Waals surface area (Å²) in [5.41, 5.74) is 0.214. The van der Waals surface area contributed by atoms with E-state index >= 15 is 0 Å². The molecule has 1 saturated heterocycles. The first-order chi connectivity index (χ1) is 6.91. The summed E-state index contributed by atoms with van der Waals surface area (Å²) < 4.78 is 0. The van der Waals surface area contributed by atoms with Gasteiger partial charge in [0.1, 0.15) is 0 Å². The van der Waals surface area contributed by atoms with Gasteiger partial charge in [-0.05, 0) is 41.3 Å². The molecule has 0 aliphatic carbocycles. The number of hydrogen-bond acceptors (Lipinski definition) is 3. The third-order valence-electron chi connectivity index (χ3n) is 2.79. The van der Waals surface area contributed by atoms with E-state index in [9.17, 15) is 0 Å². The van der Waals surface area contributed by atoms with Crippen molar-refractivity contribution in [1.82, 2.24) is 10.2 Å². The van der Waals surface area contributed by atoms with Crippen LogP contribution in [0.4, 0.5) is 0 Å². The van der Waals surface area contributed by atoms with Crippen molar-refractivity contribution in [3.05, 3.63) is 0 Å². The molecular weight excluding hydrogens is 206 g/mol. The first kappa shape index (κ1) is 12.8. The maximum atomic E-state index is 4.63. The van der Waals surface area contributed by atoms with Gasteiger partial charge in [-0.2, -0.15) is 0 Å². The number of amidine groups is 1. The molecule has 88 valence electrons. The van der Waals surface area contributed by atoms with Crippen LogP contribution in [0.15, 0.2) is 4.99 Å². The van der Waals surface area contributed by atoms with Crippen LogP contribution in [0.25, 0.3) is 0 Å². The lowest BCUT2D eigenvalue weighted by Crippen LogP contribution is -2.46. The molecule has 0 amide bonds. The monoisotopic (exact) mass is 229 g/mol. The SMILES string of the molecule is CC(CN=C1NC(C)(C)CCS1)N(C)C. The van der Waals surface area contributed by atoms with Gasteiger partial charge in [-0.1, -0.05) is 11.8 Å². The topological polar surface area (TPSA) is 27.6 Å². The number of rotatable bonds is 3. The molecule has 1 rings (SSSR count). The fourth-order valence-corrected chi connectivity index (χ4v) is 2.57. The summed E-state index contributed by atoms with van der Waals surface area (Å²) in [5, 5.41) is 4.59. The molecule has 1 heterocycles. The average Bonchev–Trinajstić information content (AvgIpc) is 2.12. The van der Waals surface area contributed by atoms with Crippen molar-refractivity contribution < 1.29 is 0 Å². The molecule has 0 aromatic rings. The fraction of sp³-hybridized carbons (Fsp3) is 0.909. The van der Waals surface area contributed by atoms with Crippen LogP contribution in [0, 0.1) is 0 Å². The summed E-state index contributed by atoms with van der Waals surface area (Å²) in [7, 11) is 4.19. The van der Waals surface area contributed by atoms with Crippen LogP contribution in [0.3, 0.4) is 0 Å². The summed E-state index contributed by atoms with van der Waals surface area (Å²) in [6, 6.07) is 0.505. The molecular formula is C11H23N3S. The molecule has 15 heavy (non-hydrogen) atoms. The van der Waals surface area contributed by atoms with Crippen molar-refractivity contribution in [2.45, 2.75) is 38.8 Å². The summed E-state index contributed by atoms with van der Waals surface area (Å²) in [5.74, 6) is 1.18. The van der Waals surface area contributed by atoms with E-state index < -0.39 is 0 Å². The molecule has 1 aliphatic heterocycles. The lowest BCUT2D eigenvalue weighted by Gasteiger charge is -2.32. The van der Waals surface area contributed by atoms with Gasteiger partial charge in [-0.15, -0.1) is 0 Å². The van der Waals surface area contributed by atoms with Crippen molar-refractivity contribution >= 4 is 16.9 Å². The lowest BCUT2D eigenvalue weighted by atomic mass is 10.0. The summed E-state index contributed by atoms with van der Waals surface area (Å²) >= 11 is 1.84. The second-order valence-electron chi connectivity index (χ2n) is 5.07. The highest BCUT2D eigenvalue weighted by Crippen LogP contribution is 2.21. The summed E-state index contributed by atoms with van der Waals surface area (Å²) in [4.78, 5) is 6.82. The van der Waals surface area contributed by atoms with Crippen LogP contribution in [-0.2, 0) is 0 Å². The molecule has 1 fully saturated rings. The Kier molecular flexibility index (Phi) is 4.46. The predicted molar refractivity (Wildman–Crippen MR) is 69.7 cm³/mol. The number of thioether (sulfide) groups is 1. The Morgan fingerprint density at radius 2 is 2.20 bits per heavy atom. The largest absolute Gasteiger partial charge is 0.360 e. The Hall–Kier alpha value is -0.220. The van der Waals surface area contributed by atoms with Crippen LogP contribution < -0.4 is 5.32 Å². The second-order valence-corrected chi connectivity index (χ2v) is 6.15. The van der Waals surface area contributed by atoms with Gasteiger partial charge in [0.2, 0.25) is 0 Å². The summed E-state index contributed by atoms with van der Waals surface area (Å²) in [6.45, 7) is 7.54. The maximum absolute atomic E-state index is 4.63. The van der Waals surface area contributed by atoms with Crippen molar-refractivity contribution in [2.24, 2.45) is 4.99 Å². The quantitative estimate of drug-likeness (QED) is 0.799. The highest BCUT2D eigenvalue weighted by Gasteiger charge is 2.24. The van der Waals surface area contributed by atoms with Crippen LogP contribution in [0.5, 0.6) is 0 Å².